The Balaban J connectivity index is 1.82. The highest BCUT2D eigenvalue weighted by atomic mass is 16.5. The van der Waals surface area contributed by atoms with Crippen molar-refractivity contribution in [3.05, 3.63) is 66.2 Å². The summed E-state index contributed by atoms with van der Waals surface area (Å²) < 4.78 is 11.0. The lowest BCUT2D eigenvalue weighted by Crippen LogP contribution is -2.32. The van der Waals surface area contributed by atoms with Crippen LogP contribution in [0.3, 0.4) is 0 Å². The first-order valence-electron chi connectivity index (χ1n) is 8.23. The number of methoxy groups -OCH3 is 1. The highest BCUT2D eigenvalue weighted by molar-refractivity contribution is 6.00. The van der Waals surface area contributed by atoms with Crippen LogP contribution in [0.1, 0.15) is 15.9 Å². The molecule has 0 aromatic heterocycles. The quantitative estimate of drug-likeness (QED) is 0.859. The van der Waals surface area contributed by atoms with Gasteiger partial charge in [0, 0.05) is 23.4 Å². The Bertz CT molecular complexity index is 847. The highest BCUT2D eigenvalue weighted by Crippen LogP contribution is 2.28. The van der Waals surface area contributed by atoms with Crippen molar-refractivity contribution in [2.24, 2.45) is 0 Å². The van der Waals surface area contributed by atoms with Crippen LogP contribution in [0.15, 0.2) is 55.1 Å². The summed E-state index contributed by atoms with van der Waals surface area (Å²) in [6, 6.07) is 12.4. The van der Waals surface area contributed by atoms with Crippen LogP contribution < -0.4 is 14.8 Å². The maximum Gasteiger partial charge on any atom is 0.254 e. The Kier molecular flexibility index (Phi) is 5.22. The molecule has 3 rings (SSSR count). The van der Waals surface area contributed by atoms with Crippen molar-refractivity contribution >= 4 is 17.5 Å². The highest BCUT2D eigenvalue weighted by Gasteiger charge is 2.21. The SMILES string of the molecule is C=CC(=O)Nc1cccc(C(=O)N2CCOc3ccc(OC)cc3C2)c1. The molecule has 1 heterocycles. The summed E-state index contributed by atoms with van der Waals surface area (Å²) in [6.07, 6.45) is 1.19. The van der Waals surface area contributed by atoms with Gasteiger partial charge in [-0.2, -0.15) is 0 Å². The second kappa shape index (κ2) is 7.74. The summed E-state index contributed by atoms with van der Waals surface area (Å²) >= 11 is 0. The van der Waals surface area contributed by atoms with Crippen molar-refractivity contribution in [1.82, 2.24) is 4.90 Å². The molecule has 134 valence electrons. The van der Waals surface area contributed by atoms with Crippen molar-refractivity contribution in [2.75, 3.05) is 25.6 Å². The zero-order valence-electron chi connectivity index (χ0n) is 14.5. The number of hydrogen-bond acceptors (Lipinski definition) is 4. The van der Waals surface area contributed by atoms with Crippen molar-refractivity contribution in [1.29, 1.82) is 0 Å². The minimum Gasteiger partial charge on any atom is -0.497 e. The number of nitrogens with one attached hydrogen (secondary N) is 1. The molecule has 0 unspecified atom stereocenters. The van der Waals surface area contributed by atoms with E-state index in [1.165, 1.54) is 6.08 Å². The van der Waals surface area contributed by atoms with Crippen molar-refractivity contribution in [2.45, 2.75) is 6.54 Å². The molecule has 0 fully saturated rings. The molecule has 2 amide bonds. The summed E-state index contributed by atoms with van der Waals surface area (Å²) in [4.78, 5) is 26.1. The van der Waals surface area contributed by atoms with E-state index < -0.39 is 0 Å². The van der Waals surface area contributed by atoms with Crippen molar-refractivity contribution in [3.8, 4) is 11.5 Å². The largest absolute Gasteiger partial charge is 0.497 e. The third-order valence-corrected chi connectivity index (χ3v) is 4.10. The average Bonchev–Trinajstić information content (AvgIpc) is 2.89. The molecule has 6 heteroatoms. The molecule has 26 heavy (non-hydrogen) atoms. The van der Waals surface area contributed by atoms with Crippen LogP contribution in [0.25, 0.3) is 0 Å². The van der Waals surface area contributed by atoms with Gasteiger partial charge in [0.2, 0.25) is 5.91 Å². The van der Waals surface area contributed by atoms with Crippen LogP contribution in [0.2, 0.25) is 0 Å². The van der Waals surface area contributed by atoms with Gasteiger partial charge in [-0.25, -0.2) is 0 Å². The maximum atomic E-state index is 12.9. The normalized spacial score (nSPS) is 13.0. The molecule has 1 aliphatic rings. The summed E-state index contributed by atoms with van der Waals surface area (Å²) in [5.41, 5.74) is 1.94. The number of anilines is 1. The van der Waals surface area contributed by atoms with Crippen LogP contribution in [0.4, 0.5) is 5.69 Å². The summed E-state index contributed by atoms with van der Waals surface area (Å²) in [5.74, 6) is 1.03. The van der Waals surface area contributed by atoms with E-state index in [0.717, 1.165) is 17.1 Å². The molecule has 0 saturated heterocycles. The second-order valence-corrected chi connectivity index (χ2v) is 5.82. The average molecular weight is 352 g/mol. The van der Waals surface area contributed by atoms with Gasteiger partial charge in [0.25, 0.3) is 5.91 Å². The van der Waals surface area contributed by atoms with Crippen LogP contribution in [0, 0.1) is 0 Å². The third kappa shape index (κ3) is 3.85. The number of carbonyl (C=O) groups excluding carboxylic acids is 2. The van der Waals surface area contributed by atoms with Crippen molar-refractivity contribution < 1.29 is 19.1 Å². The summed E-state index contributed by atoms with van der Waals surface area (Å²) in [5, 5.41) is 2.66. The Labute approximate surface area is 152 Å². The fourth-order valence-corrected chi connectivity index (χ4v) is 2.78. The van der Waals surface area contributed by atoms with E-state index >= 15 is 0 Å². The zero-order chi connectivity index (χ0) is 18.5. The molecular formula is C20H20N2O4. The van der Waals surface area contributed by atoms with Crippen molar-refractivity contribution in [3.63, 3.8) is 0 Å². The van der Waals surface area contributed by atoms with Gasteiger partial charge in [0.15, 0.2) is 0 Å². The fourth-order valence-electron chi connectivity index (χ4n) is 2.78. The van der Waals surface area contributed by atoms with Gasteiger partial charge in [0.1, 0.15) is 18.1 Å². The molecule has 1 N–H and O–H groups in total. The maximum absolute atomic E-state index is 12.9. The van der Waals surface area contributed by atoms with Crippen LogP contribution in [-0.2, 0) is 11.3 Å². The predicted molar refractivity (Wildman–Crippen MR) is 98.5 cm³/mol. The van der Waals surface area contributed by atoms with Gasteiger partial charge in [-0.15, -0.1) is 0 Å². The molecule has 2 aromatic rings. The number of nitrogens with zero attached hydrogens (tertiary/aromatic N) is 1. The number of hydrogen-bond donors (Lipinski definition) is 1. The Morgan fingerprint density at radius 3 is 2.88 bits per heavy atom. The van der Waals surface area contributed by atoms with Gasteiger partial charge in [-0.1, -0.05) is 12.6 Å². The molecule has 1 aliphatic heterocycles. The first-order chi connectivity index (χ1) is 12.6. The third-order valence-electron chi connectivity index (χ3n) is 4.10. The number of rotatable bonds is 4. The lowest BCUT2D eigenvalue weighted by atomic mass is 10.1. The number of fused-ring (bicyclic) bond motifs is 1. The topological polar surface area (TPSA) is 67.9 Å². The van der Waals surface area contributed by atoms with Gasteiger partial charge in [-0.3, -0.25) is 9.59 Å². The van der Waals surface area contributed by atoms with E-state index in [4.69, 9.17) is 9.47 Å². The number of carbonyl (C=O) groups is 2. The van der Waals surface area contributed by atoms with E-state index in [1.54, 1.807) is 36.3 Å². The molecule has 0 aliphatic carbocycles. The molecule has 0 radical (unpaired) electrons. The van der Waals surface area contributed by atoms with Crippen LogP contribution in [0.5, 0.6) is 11.5 Å². The minimum atomic E-state index is -0.321. The molecule has 0 bridgehead atoms. The van der Waals surface area contributed by atoms with E-state index in [2.05, 4.69) is 11.9 Å². The first-order valence-corrected chi connectivity index (χ1v) is 8.23. The molecule has 0 spiro atoms. The van der Waals surface area contributed by atoms with E-state index in [0.29, 0.717) is 30.9 Å². The zero-order valence-corrected chi connectivity index (χ0v) is 14.5. The van der Waals surface area contributed by atoms with E-state index in [1.807, 2.05) is 18.2 Å². The first kappa shape index (κ1) is 17.5. The Hall–Kier alpha value is -3.28. The molecular weight excluding hydrogens is 332 g/mol. The van der Waals surface area contributed by atoms with E-state index in [9.17, 15) is 9.59 Å². The van der Waals surface area contributed by atoms with Gasteiger partial charge in [0.05, 0.1) is 13.7 Å². The Morgan fingerprint density at radius 1 is 1.27 bits per heavy atom. The fraction of sp³-hybridized carbons (Fsp3) is 0.200. The molecule has 2 aromatic carbocycles. The van der Waals surface area contributed by atoms with E-state index in [-0.39, 0.29) is 11.8 Å². The smallest absolute Gasteiger partial charge is 0.254 e. The minimum absolute atomic E-state index is 0.126. The number of amides is 2. The summed E-state index contributed by atoms with van der Waals surface area (Å²) in [7, 11) is 1.60. The van der Waals surface area contributed by atoms with Crippen LogP contribution >= 0.6 is 0 Å². The lowest BCUT2D eigenvalue weighted by molar-refractivity contribution is -0.111. The second-order valence-electron chi connectivity index (χ2n) is 5.82. The van der Waals surface area contributed by atoms with Gasteiger partial charge in [-0.05, 0) is 42.5 Å². The lowest BCUT2D eigenvalue weighted by Gasteiger charge is -2.20. The molecule has 6 nitrogen and oxygen atoms in total. The predicted octanol–water partition coefficient (Wildman–Crippen LogP) is 2.85. The molecule has 0 saturated carbocycles. The van der Waals surface area contributed by atoms with Crippen LogP contribution in [-0.4, -0.2) is 37.0 Å². The monoisotopic (exact) mass is 352 g/mol. The standard InChI is InChI=1S/C20H20N2O4/c1-3-19(23)21-16-6-4-5-14(11-16)20(24)22-9-10-26-18-8-7-17(25-2)12-15(18)13-22/h3-8,11-12H,1,9-10,13H2,2H3,(H,21,23). The number of benzene rings is 2. The molecule has 0 atom stereocenters. The Morgan fingerprint density at radius 2 is 2.12 bits per heavy atom. The number of ether oxygens (including phenoxy) is 2. The van der Waals surface area contributed by atoms with Gasteiger partial charge < -0.3 is 19.7 Å². The summed E-state index contributed by atoms with van der Waals surface area (Å²) in [6.45, 7) is 4.73. The van der Waals surface area contributed by atoms with Gasteiger partial charge >= 0.3 is 0 Å².